The first-order valence-corrected chi connectivity index (χ1v) is 7.46. The molecule has 0 radical (unpaired) electrons. The maximum absolute atomic E-state index is 12.5. The van der Waals surface area contributed by atoms with Crippen LogP contribution in [0.2, 0.25) is 5.15 Å². The predicted molar refractivity (Wildman–Crippen MR) is 83.4 cm³/mol. The van der Waals surface area contributed by atoms with Gasteiger partial charge in [-0.25, -0.2) is 0 Å². The molecule has 1 aromatic heterocycles. The molecular formula is C15H17ClN4O. The number of hydrogen-bond donors (Lipinski definition) is 1. The lowest BCUT2D eigenvalue weighted by Gasteiger charge is -2.31. The van der Waals surface area contributed by atoms with Gasteiger partial charge in [0.05, 0.1) is 6.04 Å². The largest absolute Gasteiger partial charge is 0.307 e. The highest BCUT2D eigenvalue weighted by atomic mass is 35.5. The van der Waals surface area contributed by atoms with Crippen LogP contribution in [0.3, 0.4) is 0 Å². The number of nitrogens with zero attached hydrogens (tertiary/aromatic N) is 3. The number of likely N-dealkylation sites (N-methyl/N-ethyl adjacent to an activating group) is 1. The molecule has 0 saturated carbocycles. The molecule has 1 aromatic carbocycles. The van der Waals surface area contributed by atoms with E-state index in [2.05, 4.69) is 20.4 Å². The van der Waals surface area contributed by atoms with Gasteiger partial charge in [0.25, 0.3) is 0 Å². The van der Waals surface area contributed by atoms with Gasteiger partial charge in [-0.05, 0) is 26.4 Å². The van der Waals surface area contributed by atoms with Gasteiger partial charge in [-0.15, -0.1) is 10.2 Å². The van der Waals surface area contributed by atoms with Crippen molar-refractivity contribution in [2.24, 2.45) is 0 Å². The van der Waals surface area contributed by atoms with Crippen LogP contribution >= 0.6 is 11.6 Å². The van der Waals surface area contributed by atoms with Crippen molar-refractivity contribution >= 4 is 34.1 Å². The fourth-order valence-electron chi connectivity index (χ4n) is 2.77. The Morgan fingerprint density at radius 2 is 2.05 bits per heavy atom. The Labute approximate surface area is 128 Å². The topological polar surface area (TPSA) is 58.1 Å². The zero-order valence-corrected chi connectivity index (χ0v) is 12.6. The average Bonchev–Trinajstić information content (AvgIpc) is 2.51. The van der Waals surface area contributed by atoms with E-state index in [0.717, 1.165) is 36.6 Å². The van der Waals surface area contributed by atoms with E-state index in [-0.39, 0.29) is 11.9 Å². The van der Waals surface area contributed by atoms with E-state index in [0.29, 0.717) is 11.0 Å². The molecule has 1 unspecified atom stereocenters. The summed E-state index contributed by atoms with van der Waals surface area (Å²) >= 11 is 6.04. The van der Waals surface area contributed by atoms with Gasteiger partial charge in [-0.2, -0.15) is 0 Å². The molecule has 2 aromatic rings. The lowest BCUT2D eigenvalue weighted by Crippen LogP contribution is -2.44. The summed E-state index contributed by atoms with van der Waals surface area (Å²) in [6.07, 6.45) is 3.10. The van der Waals surface area contributed by atoms with Crippen LogP contribution in [0, 0.1) is 0 Å². The van der Waals surface area contributed by atoms with E-state index in [1.54, 1.807) is 0 Å². The van der Waals surface area contributed by atoms with Gasteiger partial charge in [-0.3, -0.25) is 9.69 Å². The number of hydrogen-bond acceptors (Lipinski definition) is 4. The van der Waals surface area contributed by atoms with E-state index in [9.17, 15) is 4.79 Å². The third kappa shape index (κ3) is 2.84. The van der Waals surface area contributed by atoms with Crippen molar-refractivity contribution in [3.05, 3.63) is 29.4 Å². The fraction of sp³-hybridized carbons (Fsp3) is 0.400. The average molecular weight is 305 g/mol. The van der Waals surface area contributed by atoms with Crippen molar-refractivity contribution in [3.63, 3.8) is 0 Å². The van der Waals surface area contributed by atoms with E-state index in [1.807, 2.05) is 31.3 Å². The van der Waals surface area contributed by atoms with Crippen molar-refractivity contribution < 1.29 is 4.79 Å². The summed E-state index contributed by atoms with van der Waals surface area (Å²) in [4.78, 5) is 14.5. The highest BCUT2D eigenvalue weighted by Crippen LogP contribution is 2.26. The molecule has 1 aliphatic rings. The second-order valence-electron chi connectivity index (χ2n) is 5.37. The zero-order valence-electron chi connectivity index (χ0n) is 11.8. The van der Waals surface area contributed by atoms with Crippen LogP contribution in [-0.4, -0.2) is 40.6 Å². The van der Waals surface area contributed by atoms with Crippen molar-refractivity contribution in [3.8, 4) is 0 Å². The van der Waals surface area contributed by atoms with Gasteiger partial charge in [0.1, 0.15) is 0 Å². The summed E-state index contributed by atoms with van der Waals surface area (Å²) in [6.45, 7) is 0.950. The highest BCUT2D eigenvalue weighted by molar-refractivity contribution is 6.34. The standard InChI is InChI=1S/C15H17ClN4O/c1-20-9-5-4-8-12(20)15(21)17-14-11-7-3-2-6-10(11)13(16)18-19-14/h2-3,6-7,12H,4-5,8-9H2,1H3,(H,17,19,21). The summed E-state index contributed by atoms with van der Waals surface area (Å²) in [7, 11) is 1.98. The molecule has 5 nitrogen and oxygen atoms in total. The van der Waals surface area contributed by atoms with Gasteiger partial charge in [0.2, 0.25) is 5.91 Å². The van der Waals surface area contributed by atoms with Crippen LogP contribution in [0.4, 0.5) is 5.82 Å². The SMILES string of the molecule is CN1CCCCC1C(=O)Nc1nnc(Cl)c2ccccc12. The van der Waals surface area contributed by atoms with Crippen LogP contribution in [0.15, 0.2) is 24.3 Å². The predicted octanol–water partition coefficient (Wildman–Crippen LogP) is 2.71. The van der Waals surface area contributed by atoms with Crippen molar-refractivity contribution in [1.29, 1.82) is 0 Å². The number of carbonyl (C=O) groups is 1. The highest BCUT2D eigenvalue weighted by Gasteiger charge is 2.26. The Balaban J connectivity index is 1.88. The van der Waals surface area contributed by atoms with Crippen molar-refractivity contribution in [2.75, 3.05) is 18.9 Å². The molecule has 0 bridgehead atoms. The molecule has 6 heteroatoms. The van der Waals surface area contributed by atoms with E-state index < -0.39 is 0 Å². The third-order valence-electron chi connectivity index (χ3n) is 3.96. The fourth-order valence-corrected chi connectivity index (χ4v) is 2.97. The normalized spacial score (nSPS) is 19.6. The number of piperidine rings is 1. The number of nitrogens with one attached hydrogen (secondary N) is 1. The van der Waals surface area contributed by atoms with Crippen LogP contribution in [0.5, 0.6) is 0 Å². The van der Waals surface area contributed by atoms with Gasteiger partial charge in [0, 0.05) is 10.8 Å². The monoisotopic (exact) mass is 304 g/mol. The van der Waals surface area contributed by atoms with Crippen LogP contribution in [-0.2, 0) is 4.79 Å². The van der Waals surface area contributed by atoms with Gasteiger partial charge >= 0.3 is 0 Å². The Morgan fingerprint density at radius 3 is 2.81 bits per heavy atom. The number of fused-ring (bicyclic) bond motifs is 1. The van der Waals surface area contributed by atoms with Crippen LogP contribution in [0.25, 0.3) is 10.8 Å². The van der Waals surface area contributed by atoms with Crippen molar-refractivity contribution in [2.45, 2.75) is 25.3 Å². The van der Waals surface area contributed by atoms with Crippen LogP contribution in [0.1, 0.15) is 19.3 Å². The summed E-state index contributed by atoms with van der Waals surface area (Å²) < 4.78 is 0. The summed E-state index contributed by atoms with van der Waals surface area (Å²) in [5.41, 5.74) is 0. The Kier molecular flexibility index (Phi) is 4.03. The zero-order chi connectivity index (χ0) is 14.8. The molecule has 110 valence electrons. The third-order valence-corrected chi connectivity index (χ3v) is 4.24. The molecule has 3 rings (SSSR count). The molecule has 21 heavy (non-hydrogen) atoms. The summed E-state index contributed by atoms with van der Waals surface area (Å²) in [5.74, 6) is 0.443. The molecule has 0 spiro atoms. The molecule has 2 heterocycles. The van der Waals surface area contributed by atoms with E-state index in [4.69, 9.17) is 11.6 Å². The minimum absolute atomic E-state index is 0.0287. The van der Waals surface area contributed by atoms with Gasteiger partial charge in [0.15, 0.2) is 11.0 Å². The molecule has 0 aliphatic carbocycles. The Bertz CT molecular complexity index is 676. The number of halogens is 1. The smallest absolute Gasteiger partial charge is 0.242 e. The number of carbonyl (C=O) groups excluding carboxylic acids is 1. The Morgan fingerprint density at radius 1 is 1.29 bits per heavy atom. The molecule has 1 atom stereocenters. The van der Waals surface area contributed by atoms with E-state index >= 15 is 0 Å². The summed E-state index contributed by atoms with van der Waals surface area (Å²) in [5, 5.41) is 12.8. The number of amides is 1. The maximum Gasteiger partial charge on any atom is 0.242 e. The lowest BCUT2D eigenvalue weighted by molar-refractivity contribution is -0.121. The number of aromatic nitrogens is 2. The Hall–Kier alpha value is -1.72. The quantitative estimate of drug-likeness (QED) is 0.927. The number of anilines is 1. The minimum Gasteiger partial charge on any atom is -0.307 e. The number of likely N-dealkylation sites (tertiary alicyclic amines) is 1. The van der Waals surface area contributed by atoms with Crippen molar-refractivity contribution in [1.82, 2.24) is 15.1 Å². The molecule has 1 N–H and O–H groups in total. The first-order chi connectivity index (χ1) is 10.2. The maximum atomic E-state index is 12.5. The lowest BCUT2D eigenvalue weighted by atomic mass is 10.0. The second-order valence-corrected chi connectivity index (χ2v) is 5.72. The molecule has 1 saturated heterocycles. The molecular weight excluding hydrogens is 288 g/mol. The molecule has 1 fully saturated rings. The van der Waals surface area contributed by atoms with E-state index in [1.165, 1.54) is 0 Å². The van der Waals surface area contributed by atoms with Gasteiger partial charge < -0.3 is 5.32 Å². The minimum atomic E-state index is -0.102. The second kappa shape index (κ2) is 5.95. The van der Waals surface area contributed by atoms with Crippen LogP contribution < -0.4 is 5.32 Å². The van der Waals surface area contributed by atoms with Gasteiger partial charge in [-0.1, -0.05) is 42.3 Å². The first kappa shape index (κ1) is 14.2. The number of benzene rings is 1. The summed E-state index contributed by atoms with van der Waals surface area (Å²) in [6, 6.07) is 7.43. The molecule has 1 amide bonds. The number of rotatable bonds is 2. The first-order valence-electron chi connectivity index (χ1n) is 7.09. The molecule has 1 aliphatic heterocycles.